The third-order valence-electron chi connectivity index (χ3n) is 2.02. The van der Waals surface area contributed by atoms with Crippen LogP contribution >= 0.6 is 23.2 Å². The van der Waals surface area contributed by atoms with Crippen molar-refractivity contribution in [3.05, 3.63) is 28.2 Å². The van der Waals surface area contributed by atoms with Crippen LogP contribution in [0.3, 0.4) is 0 Å². The molecule has 0 heterocycles. The predicted octanol–water partition coefficient (Wildman–Crippen LogP) is 2.53. The first-order valence-electron chi connectivity index (χ1n) is 4.49. The summed E-state index contributed by atoms with van der Waals surface area (Å²) in [4.78, 5) is 10.8. The normalized spacial score (nSPS) is 12.2. The number of anilines is 1. The Balaban J connectivity index is 2.62. The van der Waals surface area contributed by atoms with Gasteiger partial charge in [-0.3, -0.25) is 4.79 Å². The molecule has 15 heavy (non-hydrogen) atoms. The highest BCUT2D eigenvalue weighted by Crippen LogP contribution is 2.25. The van der Waals surface area contributed by atoms with Crippen LogP contribution in [-0.4, -0.2) is 12.5 Å². The van der Waals surface area contributed by atoms with Gasteiger partial charge in [0.1, 0.15) is 0 Å². The van der Waals surface area contributed by atoms with E-state index < -0.39 is 0 Å². The molecule has 0 spiro atoms. The third-order valence-corrected chi connectivity index (χ3v) is 2.56. The highest BCUT2D eigenvalue weighted by Gasteiger charge is 2.08. The zero-order chi connectivity index (χ0) is 11.4. The first-order valence-corrected chi connectivity index (χ1v) is 5.24. The van der Waals surface area contributed by atoms with Crippen molar-refractivity contribution in [2.24, 2.45) is 11.7 Å². The number of amides is 1. The topological polar surface area (TPSA) is 55.1 Å². The molecule has 0 bridgehead atoms. The molecule has 1 aromatic carbocycles. The second kappa shape index (κ2) is 5.24. The van der Waals surface area contributed by atoms with Crippen LogP contribution in [0.4, 0.5) is 5.69 Å². The Bertz CT molecular complexity index is 368. The Morgan fingerprint density at radius 3 is 2.73 bits per heavy atom. The van der Waals surface area contributed by atoms with Gasteiger partial charge in [-0.2, -0.15) is 0 Å². The molecule has 0 saturated heterocycles. The van der Waals surface area contributed by atoms with Crippen LogP contribution in [0.2, 0.25) is 10.0 Å². The van der Waals surface area contributed by atoms with Crippen molar-refractivity contribution in [3.63, 3.8) is 0 Å². The van der Waals surface area contributed by atoms with Crippen molar-refractivity contribution >= 4 is 34.8 Å². The third kappa shape index (κ3) is 3.61. The quantitative estimate of drug-likeness (QED) is 0.858. The summed E-state index contributed by atoms with van der Waals surface area (Å²) in [5, 5.41) is 4.13. The molecular formula is C10H12Cl2N2O. The number of carbonyl (C=O) groups is 1. The van der Waals surface area contributed by atoms with E-state index in [-0.39, 0.29) is 11.8 Å². The molecule has 3 N–H and O–H groups in total. The maximum absolute atomic E-state index is 10.8. The van der Waals surface area contributed by atoms with E-state index in [1.54, 1.807) is 25.1 Å². The van der Waals surface area contributed by atoms with E-state index in [0.717, 1.165) is 5.69 Å². The molecule has 1 atom stereocenters. The summed E-state index contributed by atoms with van der Waals surface area (Å²) < 4.78 is 0. The van der Waals surface area contributed by atoms with Gasteiger partial charge in [-0.1, -0.05) is 30.1 Å². The molecule has 0 fully saturated rings. The highest BCUT2D eigenvalue weighted by atomic mass is 35.5. The number of hydrogen-bond donors (Lipinski definition) is 2. The fourth-order valence-corrected chi connectivity index (χ4v) is 1.47. The Morgan fingerprint density at radius 1 is 1.53 bits per heavy atom. The van der Waals surface area contributed by atoms with Gasteiger partial charge >= 0.3 is 0 Å². The molecule has 5 heteroatoms. The summed E-state index contributed by atoms with van der Waals surface area (Å²) in [6, 6.07) is 5.13. The van der Waals surface area contributed by atoms with Gasteiger partial charge < -0.3 is 11.1 Å². The van der Waals surface area contributed by atoms with Crippen LogP contribution in [0.25, 0.3) is 0 Å². The molecule has 1 unspecified atom stereocenters. The molecule has 1 amide bonds. The number of nitrogens with two attached hydrogens (primary N) is 1. The molecule has 0 aliphatic heterocycles. The lowest BCUT2D eigenvalue weighted by molar-refractivity contribution is -0.120. The van der Waals surface area contributed by atoms with Crippen molar-refractivity contribution < 1.29 is 4.79 Å². The van der Waals surface area contributed by atoms with E-state index in [0.29, 0.717) is 16.6 Å². The van der Waals surface area contributed by atoms with Crippen LogP contribution in [-0.2, 0) is 4.79 Å². The Labute approximate surface area is 98.5 Å². The van der Waals surface area contributed by atoms with Gasteiger partial charge in [-0.25, -0.2) is 0 Å². The van der Waals surface area contributed by atoms with E-state index in [1.807, 2.05) is 0 Å². The van der Waals surface area contributed by atoms with Crippen LogP contribution in [0, 0.1) is 5.92 Å². The molecule has 0 aromatic heterocycles. The van der Waals surface area contributed by atoms with E-state index in [4.69, 9.17) is 28.9 Å². The van der Waals surface area contributed by atoms with E-state index >= 15 is 0 Å². The predicted molar refractivity (Wildman–Crippen MR) is 63.3 cm³/mol. The fraction of sp³-hybridized carbons (Fsp3) is 0.300. The molecule has 0 aliphatic carbocycles. The largest absolute Gasteiger partial charge is 0.383 e. The van der Waals surface area contributed by atoms with Gasteiger partial charge in [-0.05, 0) is 18.2 Å². The van der Waals surface area contributed by atoms with Crippen LogP contribution in [0.15, 0.2) is 18.2 Å². The minimum absolute atomic E-state index is 0.239. The number of primary amides is 1. The van der Waals surface area contributed by atoms with Crippen LogP contribution in [0.1, 0.15) is 6.92 Å². The number of rotatable bonds is 4. The SMILES string of the molecule is CC(CNc1ccc(Cl)cc1Cl)C(N)=O. The molecule has 1 rings (SSSR count). The second-order valence-electron chi connectivity index (χ2n) is 3.31. The molecule has 0 radical (unpaired) electrons. The summed E-state index contributed by atoms with van der Waals surface area (Å²) in [5.41, 5.74) is 5.87. The number of halogens is 2. The Morgan fingerprint density at radius 2 is 2.20 bits per heavy atom. The standard InChI is InChI=1S/C10H12Cl2N2O/c1-6(10(13)15)5-14-9-3-2-7(11)4-8(9)12/h2-4,6,14H,5H2,1H3,(H2,13,15). The molecule has 82 valence electrons. The first-order chi connectivity index (χ1) is 7.00. The number of hydrogen-bond acceptors (Lipinski definition) is 2. The summed E-state index contributed by atoms with van der Waals surface area (Å²) in [6.45, 7) is 2.20. The first kappa shape index (κ1) is 12.1. The van der Waals surface area contributed by atoms with Crippen molar-refractivity contribution in [2.75, 3.05) is 11.9 Å². The monoisotopic (exact) mass is 246 g/mol. The van der Waals surface area contributed by atoms with Gasteiger partial charge in [-0.15, -0.1) is 0 Å². The maximum Gasteiger partial charge on any atom is 0.222 e. The lowest BCUT2D eigenvalue weighted by atomic mass is 10.1. The van der Waals surface area contributed by atoms with Gasteiger partial charge in [0.05, 0.1) is 16.6 Å². The van der Waals surface area contributed by atoms with Crippen molar-refractivity contribution in [2.45, 2.75) is 6.92 Å². The maximum atomic E-state index is 10.8. The average molecular weight is 247 g/mol. The Hall–Kier alpha value is -0.930. The van der Waals surface area contributed by atoms with Crippen LogP contribution < -0.4 is 11.1 Å². The Kier molecular flexibility index (Phi) is 4.24. The van der Waals surface area contributed by atoms with E-state index in [1.165, 1.54) is 0 Å². The lowest BCUT2D eigenvalue weighted by Gasteiger charge is -2.11. The zero-order valence-electron chi connectivity index (χ0n) is 8.26. The lowest BCUT2D eigenvalue weighted by Crippen LogP contribution is -2.26. The number of carbonyl (C=O) groups excluding carboxylic acids is 1. The van der Waals surface area contributed by atoms with Gasteiger partial charge in [0.25, 0.3) is 0 Å². The minimum atomic E-state index is -0.340. The number of benzene rings is 1. The van der Waals surface area contributed by atoms with Crippen molar-refractivity contribution in [1.29, 1.82) is 0 Å². The smallest absolute Gasteiger partial charge is 0.222 e. The second-order valence-corrected chi connectivity index (χ2v) is 4.15. The molecule has 0 saturated carbocycles. The molecular weight excluding hydrogens is 235 g/mol. The summed E-state index contributed by atoms with van der Waals surface area (Å²) >= 11 is 11.7. The number of nitrogens with one attached hydrogen (secondary N) is 1. The molecule has 0 aliphatic rings. The van der Waals surface area contributed by atoms with Gasteiger partial charge in [0, 0.05) is 11.6 Å². The summed E-state index contributed by atoms with van der Waals surface area (Å²) in [5.74, 6) is -0.579. The van der Waals surface area contributed by atoms with Crippen molar-refractivity contribution in [3.8, 4) is 0 Å². The average Bonchev–Trinajstić information content (AvgIpc) is 2.15. The van der Waals surface area contributed by atoms with Gasteiger partial charge in [0.15, 0.2) is 0 Å². The van der Waals surface area contributed by atoms with E-state index in [2.05, 4.69) is 5.32 Å². The summed E-state index contributed by atoms with van der Waals surface area (Å²) in [6.07, 6.45) is 0. The van der Waals surface area contributed by atoms with Crippen molar-refractivity contribution in [1.82, 2.24) is 0 Å². The molecule has 1 aromatic rings. The van der Waals surface area contributed by atoms with Crippen LogP contribution in [0.5, 0.6) is 0 Å². The van der Waals surface area contributed by atoms with E-state index in [9.17, 15) is 4.79 Å². The van der Waals surface area contributed by atoms with Gasteiger partial charge in [0.2, 0.25) is 5.91 Å². The zero-order valence-corrected chi connectivity index (χ0v) is 9.77. The summed E-state index contributed by atoms with van der Waals surface area (Å²) in [7, 11) is 0. The molecule has 3 nitrogen and oxygen atoms in total. The fourth-order valence-electron chi connectivity index (χ4n) is 0.996. The minimum Gasteiger partial charge on any atom is -0.383 e. The highest BCUT2D eigenvalue weighted by molar-refractivity contribution is 6.36.